The van der Waals surface area contributed by atoms with Gasteiger partial charge < -0.3 is 10.5 Å². The Kier molecular flexibility index (Phi) is 5.37. The van der Waals surface area contributed by atoms with Crippen LogP contribution in [0, 0.1) is 12.8 Å². The molecular weight excluding hydrogens is 186 g/mol. The van der Waals surface area contributed by atoms with Crippen LogP contribution in [0.1, 0.15) is 18.1 Å². The van der Waals surface area contributed by atoms with Crippen LogP contribution in [0.15, 0.2) is 24.3 Å². The van der Waals surface area contributed by atoms with Crippen LogP contribution >= 0.6 is 0 Å². The highest BCUT2D eigenvalue weighted by atomic mass is 16.5. The molecule has 0 aliphatic rings. The second-order valence-electron chi connectivity index (χ2n) is 3.95. The van der Waals surface area contributed by atoms with E-state index in [-0.39, 0.29) is 0 Å². The number of nitrogens with two attached hydrogens (primary N) is 1. The number of hydrogen-bond donors (Lipinski definition) is 1. The van der Waals surface area contributed by atoms with Gasteiger partial charge in [-0.2, -0.15) is 0 Å². The van der Waals surface area contributed by atoms with Crippen molar-refractivity contribution in [3.8, 4) is 0 Å². The Morgan fingerprint density at radius 3 is 2.80 bits per heavy atom. The smallest absolute Gasteiger partial charge is 0.0509 e. The van der Waals surface area contributed by atoms with Gasteiger partial charge in [0.05, 0.1) is 6.61 Å². The zero-order chi connectivity index (χ0) is 11.1. The van der Waals surface area contributed by atoms with Gasteiger partial charge in [-0.25, -0.2) is 0 Å². The van der Waals surface area contributed by atoms with E-state index >= 15 is 0 Å². The van der Waals surface area contributed by atoms with Gasteiger partial charge in [0.25, 0.3) is 0 Å². The highest BCUT2D eigenvalue weighted by molar-refractivity contribution is 5.22. The Labute approximate surface area is 92.4 Å². The maximum atomic E-state index is 5.72. The van der Waals surface area contributed by atoms with Gasteiger partial charge in [0.1, 0.15) is 0 Å². The lowest BCUT2D eigenvalue weighted by Gasteiger charge is -2.14. The third-order valence-corrected chi connectivity index (χ3v) is 2.50. The molecule has 0 saturated carbocycles. The summed E-state index contributed by atoms with van der Waals surface area (Å²) < 4.78 is 5.41. The number of benzene rings is 1. The summed E-state index contributed by atoms with van der Waals surface area (Å²) in [6.45, 7) is 6.35. The molecule has 0 heterocycles. The fraction of sp³-hybridized carbons (Fsp3) is 0.538. The van der Waals surface area contributed by atoms with Crippen LogP contribution in [-0.2, 0) is 11.2 Å². The predicted octanol–water partition coefficient (Wildman–Crippen LogP) is 2.15. The van der Waals surface area contributed by atoms with Crippen molar-refractivity contribution in [2.75, 3.05) is 19.8 Å². The van der Waals surface area contributed by atoms with E-state index in [1.807, 2.05) is 6.92 Å². The van der Waals surface area contributed by atoms with Gasteiger partial charge in [-0.1, -0.05) is 29.8 Å². The first-order valence-electron chi connectivity index (χ1n) is 5.59. The highest BCUT2D eigenvalue weighted by Gasteiger charge is 2.07. The van der Waals surface area contributed by atoms with Crippen molar-refractivity contribution in [1.29, 1.82) is 0 Å². The lowest BCUT2D eigenvalue weighted by molar-refractivity contribution is 0.113. The highest BCUT2D eigenvalue weighted by Crippen LogP contribution is 2.10. The Hall–Kier alpha value is -0.860. The summed E-state index contributed by atoms with van der Waals surface area (Å²) in [7, 11) is 0. The van der Waals surface area contributed by atoms with Gasteiger partial charge in [0, 0.05) is 6.61 Å². The summed E-state index contributed by atoms with van der Waals surface area (Å²) in [6, 6.07) is 8.58. The van der Waals surface area contributed by atoms with Crippen LogP contribution in [0.2, 0.25) is 0 Å². The van der Waals surface area contributed by atoms with E-state index in [1.165, 1.54) is 11.1 Å². The minimum Gasteiger partial charge on any atom is -0.381 e. The normalized spacial score (nSPS) is 12.7. The Morgan fingerprint density at radius 2 is 2.20 bits per heavy atom. The summed E-state index contributed by atoms with van der Waals surface area (Å²) in [5, 5.41) is 0. The average Bonchev–Trinajstić information content (AvgIpc) is 2.24. The maximum Gasteiger partial charge on any atom is 0.0509 e. The van der Waals surface area contributed by atoms with Gasteiger partial charge in [-0.15, -0.1) is 0 Å². The molecule has 0 radical (unpaired) electrons. The summed E-state index contributed by atoms with van der Waals surface area (Å²) in [4.78, 5) is 0. The van der Waals surface area contributed by atoms with E-state index in [9.17, 15) is 0 Å². The van der Waals surface area contributed by atoms with Crippen molar-refractivity contribution >= 4 is 0 Å². The molecule has 0 aliphatic carbocycles. The lowest BCUT2D eigenvalue weighted by Crippen LogP contribution is -2.22. The lowest BCUT2D eigenvalue weighted by atomic mass is 9.99. The third kappa shape index (κ3) is 4.45. The summed E-state index contributed by atoms with van der Waals surface area (Å²) in [6.07, 6.45) is 1.01. The molecule has 1 aromatic rings. The molecule has 0 aliphatic heterocycles. The SMILES string of the molecule is CCOCC(CN)Cc1cccc(C)c1. The Balaban J connectivity index is 2.50. The van der Waals surface area contributed by atoms with Crippen molar-refractivity contribution in [1.82, 2.24) is 0 Å². The standard InChI is InChI=1S/C13H21NO/c1-3-15-10-13(9-14)8-12-6-4-5-11(2)7-12/h4-7,13H,3,8-10,14H2,1-2H3. The van der Waals surface area contributed by atoms with Gasteiger partial charge in [0.2, 0.25) is 0 Å². The summed E-state index contributed by atoms with van der Waals surface area (Å²) >= 11 is 0. The van der Waals surface area contributed by atoms with E-state index in [4.69, 9.17) is 10.5 Å². The van der Waals surface area contributed by atoms with Crippen molar-refractivity contribution < 1.29 is 4.74 Å². The molecule has 2 heteroatoms. The first-order valence-corrected chi connectivity index (χ1v) is 5.59. The topological polar surface area (TPSA) is 35.2 Å². The molecule has 0 bridgehead atoms. The Bertz CT molecular complexity index is 286. The zero-order valence-electron chi connectivity index (χ0n) is 9.70. The summed E-state index contributed by atoms with van der Waals surface area (Å²) in [5.74, 6) is 0.437. The minimum absolute atomic E-state index is 0.437. The minimum atomic E-state index is 0.437. The quantitative estimate of drug-likeness (QED) is 0.775. The van der Waals surface area contributed by atoms with Gasteiger partial charge in [0.15, 0.2) is 0 Å². The fourth-order valence-corrected chi connectivity index (χ4v) is 1.67. The molecule has 0 fully saturated rings. The Morgan fingerprint density at radius 1 is 1.40 bits per heavy atom. The van der Waals surface area contributed by atoms with Crippen molar-refractivity contribution in [2.45, 2.75) is 20.3 Å². The molecule has 15 heavy (non-hydrogen) atoms. The molecule has 2 nitrogen and oxygen atoms in total. The van der Waals surface area contributed by atoms with Crippen molar-refractivity contribution in [3.63, 3.8) is 0 Å². The molecule has 84 valence electrons. The first-order chi connectivity index (χ1) is 7.26. The third-order valence-electron chi connectivity index (χ3n) is 2.50. The average molecular weight is 207 g/mol. The van der Waals surface area contributed by atoms with Crippen molar-refractivity contribution in [2.24, 2.45) is 11.7 Å². The predicted molar refractivity (Wildman–Crippen MR) is 63.9 cm³/mol. The molecule has 0 aromatic heterocycles. The molecule has 0 spiro atoms. The van der Waals surface area contributed by atoms with Gasteiger partial charge in [-0.3, -0.25) is 0 Å². The van der Waals surface area contributed by atoms with Crippen LogP contribution in [0.25, 0.3) is 0 Å². The fourth-order valence-electron chi connectivity index (χ4n) is 1.67. The largest absolute Gasteiger partial charge is 0.381 e. The van der Waals surface area contributed by atoms with E-state index < -0.39 is 0 Å². The molecular formula is C13H21NO. The van der Waals surface area contributed by atoms with E-state index in [0.717, 1.165) is 19.6 Å². The number of aryl methyl sites for hydroxylation is 1. The monoisotopic (exact) mass is 207 g/mol. The summed E-state index contributed by atoms with van der Waals surface area (Å²) in [5.41, 5.74) is 8.38. The molecule has 0 amide bonds. The van der Waals surface area contributed by atoms with E-state index in [2.05, 4.69) is 31.2 Å². The number of hydrogen-bond acceptors (Lipinski definition) is 2. The first kappa shape index (κ1) is 12.2. The molecule has 1 aromatic carbocycles. The molecule has 0 saturated heterocycles. The van der Waals surface area contributed by atoms with Crippen LogP contribution in [0.4, 0.5) is 0 Å². The molecule has 1 atom stereocenters. The molecule has 1 rings (SSSR count). The number of rotatable bonds is 6. The van der Waals surface area contributed by atoms with E-state index in [1.54, 1.807) is 0 Å². The second-order valence-corrected chi connectivity index (χ2v) is 3.95. The van der Waals surface area contributed by atoms with Crippen LogP contribution in [-0.4, -0.2) is 19.8 Å². The number of ether oxygens (including phenoxy) is 1. The van der Waals surface area contributed by atoms with Crippen molar-refractivity contribution in [3.05, 3.63) is 35.4 Å². The molecule has 1 unspecified atom stereocenters. The second kappa shape index (κ2) is 6.59. The van der Waals surface area contributed by atoms with E-state index in [0.29, 0.717) is 12.5 Å². The van der Waals surface area contributed by atoms with Gasteiger partial charge >= 0.3 is 0 Å². The van der Waals surface area contributed by atoms with Crippen LogP contribution in [0.3, 0.4) is 0 Å². The van der Waals surface area contributed by atoms with Crippen LogP contribution < -0.4 is 5.73 Å². The molecule has 2 N–H and O–H groups in total. The van der Waals surface area contributed by atoms with Gasteiger partial charge in [-0.05, 0) is 38.3 Å². The zero-order valence-corrected chi connectivity index (χ0v) is 9.70. The van der Waals surface area contributed by atoms with Crippen LogP contribution in [0.5, 0.6) is 0 Å². The maximum absolute atomic E-state index is 5.72.